The van der Waals surface area contributed by atoms with E-state index in [1.54, 1.807) is 13.8 Å². The minimum absolute atomic E-state index is 0.0280. The number of carboxylic acid groups (broad SMARTS) is 1. The van der Waals surface area contributed by atoms with E-state index in [0.29, 0.717) is 12.8 Å². The third-order valence-electron chi connectivity index (χ3n) is 7.51. The highest BCUT2D eigenvalue weighted by molar-refractivity contribution is 5.82. The zero-order chi connectivity index (χ0) is 24.9. The Labute approximate surface area is 206 Å². The molecule has 1 fully saturated rings. The van der Waals surface area contributed by atoms with Gasteiger partial charge in [0.1, 0.15) is 6.61 Å². The van der Waals surface area contributed by atoms with Crippen molar-refractivity contribution >= 4 is 18.0 Å². The highest BCUT2D eigenvalue weighted by Gasteiger charge is 2.34. The Balaban J connectivity index is 1.40. The third kappa shape index (κ3) is 5.50. The molecule has 0 aromatic heterocycles. The topological polar surface area (TPSA) is 105 Å². The van der Waals surface area contributed by atoms with Crippen LogP contribution in [0, 0.1) is 11.8 Å². The molecule has 2 unspecified atom stereocenters. The summed E-state index contributed by atoms with van der Waals surface area (Å²) in [6.07, 6.45) is 3.61. The number of fused-ring (bicyclic) bond motifs is 3. The van der Waals surface area contributed by atoms with Gasteiger partial charge in [-0.15, -0.1) is 0 Å². The normalized spacial score (nSPS) is 21.1. The number of ether oxygens (including phenoxy) is 1. The van der Waals surface area contributed by atoms with Crippen LogP contribution in [0.1, 0.15) is 63.0 Å². The van der Waals surface area contributed by atoms with Crippen LogP contribution in [0.4, 0.5) is 4.79 Å². The molecule has 0 heterocycles. The van der Waals surface area contributed by atoms with Crippen LogP contribution >= 0.6 is 0 Å². The minimum Gasteiger partial charge on any atom is -0.481 e. The van der Waals surface area contributed by atoms with Crippen LogP contribution in [0.5, 0.6) is 0 Å². The first-order valence-electron chi connectivity index (χ1n) is 12.5. The van der Waals surface area contributed by atoms with Crippen LogP contribution in [-0.2, 0) is 14.3 Å². The molecule has 2 aromatic carbocycles. The number of nitrogens with one attached hydrogen (secondary N) is 2. The van der Waals surface area contributed by atoms with Gasteiger partial charge in [0.15, 0.2) is 0 Å². The summed E-state index contributed by atoms with van der Waals surface area (Å²) in [6.45, 7) is 3.49. The van der Waals surface area contributed by atoms with Crippen LogP contribution in [0.2, 0.25) is 0 Å². The van der Waals surface area contributed by atoms with Gasteiger partial charge >= 0.3 is 12.1 Å². The van der Waals surface area contributed by atoms with Crippen molar-refractivity contribution in [2.24, 2.45) is 11.8 Å². The highest BCUT2D eigenvalue weighted by Crippen LogP contribution is 2.44. The minimum atomic E-state index is -0.952. The number of hydrogen-bond donors (Lipinski definition) is 3. The monoisotopic (exact) mass is 478 g/mol. The Bertz CT molecular complexity index is 1040. The van der Waals surface area contributed by atoms with Crippen molar-refractivity contribution < 1.29 is 24.2 Å². The third-order valence-corrected chi connectivity index (χ3v) is 7.51. The fourth-order valence-corrected chi connectivity index (χ4v) is 5.26. The number of hydrogen-bond acceptors (Lipinski definition) is 4. The van der Waals surface area contributed by atoms with Crippen LogP contribution in [0.15, 0.2) is 48.5 Å². The zero-order valence-electron chi connectivity index (χ0n) is 20.3. The molecule has 186 valence electrons. The van der Waals surface area contributed by atoms with Crippen molar-refractivity contribution in [1.82, 2.24) is 10.6 Å². The summed E-state index contributed by atoms with van der Waals surface area (Å²) >= 11 is 0. The Kier molecular flexibility index (Phi) is 7.73. The van der Waals surface area contributed by atoms with Gasteiger partial charge in [-0.05, 0) is 48.9 Å². The first kappa shape index (κ1) is 24.8. The molecule has 7 nitrogen and oxygen atoms in total. The van der Waals surface area contributed by atoms with E-state index in [4.69, 9.17) is 4.74 Å². The van der Waals surface area contributed by atoms with Gasteiger partial charge in [0.2, 0.25) is 5.91 Å². The molecule has 2 amide bonds. The van der Waals surface area contributed by atoms with E-state index in [1.807, 2.05) is 24.3 Å². The van der Waals surface area contributed by atoms with E-state index in [0.717, 1.165) is 30.4 Å². The van der Waals surface area contributed by atoms with Crippen molar-refractivity contribution in [2.45, 2.75) is 64.0 Å². The molecule has 2 aromatic rings. The molecule has 0 bridgehead atoms. The van der Waals surface area contributed by atoms with Gasteiger partial charge in [-0.3, -0.25) is 9.59 Å². The molecule has 2 aliphatic rings. The first-order valence-corrected chi connectivity index (χ1v) is 12.5. The molecule has 0 aliphatic heterocycles. The summed E-state index contributed by atoms with van der Waals surface area (Å²) in [4.78, 5) is 37.1. The number of amides is 2. The zero-order valence-corrected chi connectivity index (χ0v) is 20.3. The average molecular weight is 479 g/mol. The molecule has 7 heteroatoms. The molecular weight excluding hydrogens is 444 g/mol. The molecule has 35 heavy (non-hydrogen) atoms. The van der Waals surface area contributed by atoms with Gasteiger partial charge in [0.25, 0.3) is 0 Å². The molecular formula is C28H34N2O5. The van der Waals surface area contributed by atoms with Gasteiger partial charge in [0, 0.05) is 18.0 Å². The number of carbonyl (C=O) groups excluding carboxylic acids is 2. The van der Waals surface area contributed by atoms with E-state index < -0.39 is 29.9 Å². The van der Waals surface area contributed by atoms with Gasteiger partial charge in [0.05, 0.1) is 11.8 Å². The summed E-state index contributed by atoms with van der Waals surface area (Å²) in [7, 11) is 0. The molecule has 4 rings (SSSR count). The van der Waals surface area contributed by atoms with Gasteiger partial charge in [-0.2, -0.15) is 0 Å². The van der Waals surface area contributed by atoms with Crippen LogP contribution in [-0.4, -0.2) is 41.8 Å². The van der Waals surface area contributed by atoms with Crippen molar-refractivity contribution in [3.8, 4) is 11.1 Å². The maximum Gasteiger partial charge on any atom is 0.407 e. The fourth-order valence-electron chi connectivity index (χ4n) is 5.26. The Morgan fingerprint density at radius 1 is 0.943 bits per heavy atom. The van der Waals surface area contributed by atoms with Crippen molar-refractivity contribution in [2.75, 3.05) is 6.61 Å². The Morgan fingerprint density at radius 3 is 2.17 bits per heavy atom. The average Bonchev–Trinajstić information content (AvgIpc) is 2.98. The molecule has 0 saturated heterocycles. The lowest BCUT2D eigenvalue weighted by Gasteiger charge is -2.27. The highest BCUT2D eigenvalue weighted by atomic mass is 16.5. The summed E-state index contributed by atoms with van der Waals surface area (Å²) in [5, 5.41) is 15.0. The number of carboxylic acids is 1. The fraction of sp³-hybridized carbons (Fsp3) is 0.464. The molecule has 0 spiro atoms. The van der Waals surface area contributed by atoms with Crippen LogP contribution in [0.25, 0.3) is 11.1 Å². The second-order valence-corrected chi connectivity index (χ2v) is 9.75. The smallest absolute Gasteiger partial charge is 0.407 e. The van der Waals surface area contributed by atoms with Gasteiger partial charge in [-0.25, -0.2) is 4.79 Å². The second kappa shape index (κ2) is 10.9. The number of aliphatic carboxylic acids is 1. The SMILES string of the molecule is CC(NC(=O)[C@H]1CCCCC[C@H]1NC(=O)OCC1c2ccccc2-c2ccccc21)C(C)C(=O)O. The number of alkyl carbamates (subject to hydrolysis) is 1. The maximum atomic E-state index is 13.0. The number of benzene rings is 2. The van der Waals surface area contributed by atoms with Gasteiger partial charge in [-0.1, -0.05) is 67.8 Å². The van der Waals surface area contributed by atoms with E-state index in [2.05, 4.69) is 34.9 Å². The Hall–Kier alpha value is -3.35. The summed E-state index contributed by atoms with van der Waals surface area (Å²) < 4.78 is 5.70. The van der Waals surface area contributed by atoms with E-state index in [1.165, 1.54) is 11.1 Å². The molecule has 4 atom stereocenters. The predicted octanol–water partition coefficient (Wildman–Crippen LogP) is 4.70. The first-order chi connectivity index (χ1) is 16.9. The molecule has 3 N–H and O–H groups in total. The second-order valence-electron chi connectivity index (χ2n) is 9.75. The summed E-state index contributed by atoms with van der Waals surface area (Å²) in [5.41, 5.74) is 4.63. The number of carbonyl (C=O) groups is 3. The van der Waals surface area contributed by atoms with Gasteiger partial charge < -0.3 is 20.5 Å². The van der Waals surface area contributed by atoms with E-state index in [-0.39, 0.29) is 24.5 Å². The standard InChI is InChI=1S/C28H34N2O5/c1-17(27(32)33)18(2)29-26(31)23-14-4-3-5-15-25(23)30-28(34)35-16-24-21-12-8-6-10-19(21)20-11-7-9-13-22(20)24/h6-13,17-18,23-25H,3-5,14-16H2,1-2H3,(H,29,31)(H,30,34)(H,32,33)/t17?,18?,23-,25+/m0/s1. The summed E-state index contributed by atoms with van der Waals surface area (Å²) in [6, 6.07) is 15.5. The molecule has 1 saturated carbocycles. The lowest BCUT2D eigenvalue weighted by atomic mass is 9.92. The quantitative estimate of drug-likeness (QED) is 0.501. The predicted molar refractivity (Wildman–Crippen MR) is 133 cm³/mol. The largest absolute Gasteiger partial charge is 0.481 e. The molecule has 2 aliphatic carbocycles. The Morgan fingerprint density at radius 2 is 1.54 bits per heavy atom. The lowest BCUT2D eigenvalue weighted by Crippen LogP contribution is -2.50. The number of rotatable bonds is 7. The molecule has 0 radical (unpaired) electrons. The van der Waals surface area contributed by atoms with Crippen molar-refractivity contribution in [3.63, 3.8) is 0 Å². The van der Waals surface area contributed by atoms with Crippen LogP contribution in [0.3, 0.4) is 0 Å². The van der Waals surface area contributed by atoms with Crippen LogP contribution < -0.4 is 10.6 Å². The lowest BCUT2D eigenvalue weighted by molar-refractivity contribution is -0.142. The van der Waals surface area contributed by atoms with Crippen molar-refractivity contribution in [3.05, 3.63) is 59.7 Å². The summed E-state index contributed by atoms with van der Waals surface area (Å²) in [5.74, 6) is -2.30. The van der Waals surface area contributed by atoms with Crippen molar-refractivity contribution in [1.29, 1.82) is 0 Å². The van der Waals surface area contributed by atoms with E-state index in [9.17, 15) is 19.5 Å². The van der Waals surface area contributed by atoms with E-state index >= 15 is 0 Å². The maximum absolute atomic E-state index is 13.0.